The largest absolute Gasteiger partial charge is 0.453 e. The van der Waals surface area contributed by atoms with Gasteiger partial charge in [0, 0.05) is 26.2 Å². The highest BCUT2D eigenvalue weighted by atomic mass is 16.8. The van der Waals surface area contributed by atoms with E-state index in [0.717, 1.165) is 77.0 Å². The maximum atomic E-state index is 14.2. The summed E-state index contributed by atoms with van der Waals surface area (Å²) in [6, 6.07) is 0. The van der Waals surface area contributed by atoms with Gasteiger partial charge in [0.25, 0.3) is 11.8 Å². The summed E-state index contributed by atoms with van der Waals surface area (Å²) in [5, 5.41) is 126. The average molecular weight is 1700 g/mol. The molecule has 6 aliphatic heterocycles. The maximum absolute atomic E-state index is 14.2. The first-order valence-electron chi connectivity index (χ1n) is 43.4. The number of carbonyl (C=O) groups is 4. The molecule has 11 unspecified atom stereocenters. The van der Waals surface area contributed by atoms with Crippen LogP contribution >= 0.6 is 0 Å². The zero-order chi connectivity index (χ0) is 84.2. The minimum absolute atomic E-state index is 0.0220. The van der Waals surface area contributed by atoms with Crippen LogP contribution < -0.4 is 0 Å². The van der Waals surface area contributed by atoms with Gasteiger partial charge in [0.15, 0.2) is 37.4 Å². The number of hydrogen-bond acceptors (Lipinski definition) is 35. The predicted octanol–water partition coefficient (Wildman–Crippen LogP) is -0.619. The van der Waals surface area contributed by atoms with Crippen molar-refractivity contribution in [2.75, 3.05) is 92.2 Å². The molecule has 676 valence electrons. The van der Waals surface area contributed by atoms with Crippen LogP contribution in [-0.2, 0) is 126 Å². The molecular formula is C80H130N8O31. The average Bonchev–Trinajstić information content (AvgIpc) is 1.20. The molecule has 10 aliphatic rings. The summed E-state index contributed by atoms with van der Waals surface area (Å²) in [5.74, 6) is -2.23. The van der Waals surface area contributed by atoms with Gasteiger partial charge in [-0.1, -0.05) is 101 Å². The lowest BCUT2D eigenvalue weighted by Crippen LogP contribution is -2.64. The quantitative estimate of drug-likeness (QED) is 0.0292. The number of likely N-dealkylation sites (tertiary alicyclic amines) is 2. The summed E-state index contributed by atoms with van der Waals surface area (Å²) in [7, 11) is 0. The summed E-state index contributed by atoms with van der Waals surface area (Å²) in [4.78, 5) is 60.3. The van der Waals surface area contributed by atoms with Gasteiger partial charge in [0.2, 0.25) is 0 Å². The second-order valence-electron chi connectivity index (χ2n) is 33.8. The molecule has 10 fully saturated rings. The standard InChI is InChI=1S/C80H130N8O31/c1-45-15-11-21-53(69(45)118-77-67(99)65(97)61(93)47(3)108-77)112-79-73(71(63(95)57(41-89)114-79)110-55(75(101)85-23-13-24-85)35-49-17-7-5-8-18-49)116-59(91)39-87-37-51(81-83-87)43-106-33-31-104-29-27-103-28-30-105-32-34-107-44-52-38-88(84-82-52)40-60(92)117-74-72(111-56(76(102)86-25-14-26-86)36-50-19-9-6-10-20-50)64(96)58(42-90)115-80(74)113-54-22-12-16-46(2)70(54)119-78-68(100)66(98)62(94)48(4)109-78/h37-38,45-50,53-58,61-74,77-80,89-90,93-100H,5-36,39-44H2,1-4H3/t45?,46?,47?,48?,53-,54-,55+,56+,57+,58+,61-,62-,63+,64?,65+,66+,67?,68?,69-,70-,71?,72?,73?,74?,77+,78+,79-,80-/m1/s1. The minimum Gasteiger partial charge on any atom is -0.453 e. The molecule has 2 aromatic rings. The van der Waals surface area contributed by atoms with E-state index in [1.807, 2.05) is 13.8 Å². The number of carbonyl (C=O) groups excluding carboxylic acids is 4. The van der Waals surface area contributed by atoms with E-state index in [1.54, 1.807) is 23.6 Å². The Morgan fingerprint density at radius 2 is 0.773 bits per heavy atom. The lowest BCUT2D eigenvalue weighted by atomic mass is 9.84. The molecule has 0 spiro atoms. The fourth-order valence-corrected chi connectivity index (χ4v) is 17.7. The first-order valence-corrected chi connectivity index (χ1v) is 43.4. The zero-order valence-electron chi connectivity index (χ0n) is 69.0. The van der Waals surface area contributed by atoms with Crippen LogP contribution in [0, 0.1) is 23.7 Å². The molecule has 2 aromatic heterocycles. The molecule has 39 heteroatoms. The Kier molecular flexibility index (Phi) is 36.0. The summed E-state index contributed by atoms with van der Waals surface area (Å²) < 4.78 is 107. The Bertz CT molecular complexity index is 3160. The predicted molar refractivity (Wildman–Crippen MR) is 407 cm³/mol. The molecule has 8 heterocycles. The summed E-state index contributed by atoms with van der Waals surface area (Å²) in [5.41, 5.74) is 0.782. The van der Waals surface area contributed by atoms with Crippen molar-refractivity contribution in [1.29, 1.82) is 0 Å². The molecule has 0 bridgehead atoms. The van der Waals surface area contributed by atoms with E-state index in [1.165, 1.54) is 21.8 Å². The monoisotopic (exact) mass is 1700 g/mol. The number of esters is 2. The molecule has 4 aliphatic carbocycles. The number of aliphatic hydroxyl groups excluding tert-OH is 10. The maximum Gasteiger partial charge on any atom is 0.328 e. The highest BCUT2D eigenvalue weighted by Crippen LogP contribution is 2.41. The van der Waals surface area contributed by atoms with E-state index in [-0.39, 0.29) is 102 Å². The molecule has 10 N–H and O–H groups in total. The smallest absolute Gasteiger partial charge is 0.328 e. The van der Waals surface area contributed by atoms with E-state index in [4.69, 9.17) is 80.5 Å². The molecule has 2 amide bonds. The SMILES string of the molecule is CC1O[C@@H](O[C@@H]2C(C)CCC[C@H]2O[C@@H]2O[C@@H](CO)C(O)C(O[C@@H](CC3CCCCC3)C(=O)N3CCC3)C2OC(=O)Cn2cc(COCCOCCOCCOCCOCc3cn(CC(=O)OC4C(O[C@@H](CC5CCCCC5)C(=O)N5CCC5)[C@@H](O)[C@H](CO)O[C@H]4O[C@@H]4CCCC(C)[C@H]4O[C@@H]4OC(C)[C@@H](O)[C@H](O)C4O)nn3)nn2)C(O)[C@@H](O)[C@@H]1O. The van der Waals surface area contributed by atoms with Gasteiger partial charge in [-0.25, -0.2) is 9.36 Å². The van der Waals surface area contributed by atoms with Crippen molar-refractivity contribution in [2.45, 2.75) is 342 Å². The Balaban J connectivity index is 0.570. The molecule has 39 nitrogen and oxygen atoms in total. The lowest BCUT2D eigenvalue weighted by Gasteiger charge is -2.48. The van der Waals surface area contributed by atoms with Gasteiger partial charge in [0.05, 0.1) is 128 Å². The zero-order valence-corrected chi connectivity index (χ0v) is 69.0. The number of ether oxygens (including phenoxy) is 17. The third-order valence-corrected chi connectivity index (χ3v) is 24.9. The van der Waals surface area contributed by atoms with E-state index in [0.29, 0.717) is 88.9 Å². The van der Waals surface area contributed by atoms with Crippen molar-refractivity contribution < 1.29 is 151 Å². The van der Waals surface area contributed by atoms with Crippen molar-refractivity contribution in [3.8, 4) is 0 Å². The van der Waals surface area contributed by atoms with Crippen LogP contribution in [-0.4, -0.2) is 366 Å². The van der Waals surface area contributed by atoms with Crippen LogP contribution in [0.3, 0.4) is 0 Å². The van der Waals surface area contributed by atoms with Crippen molar-refractivity contribution in [2.24, 2.45) is 23.7 Å². The van der Waals surface area contributed by atoms with Gasteiger partial charge in [-0.05, 0) is 88.9 Å². The fraction of sp³-hybridized carbons (Fsp3) is 0.900. The molecule has 0 aromatic carbocycles. The Morgan fingerprint density at radius 3 is 1.13 bits per heavy atom. The molecular weight excluding hydrogens is 1570 g/mol. The van der Waals surface area contributed by atoms with Crippen LogP contribution in [0.1, 0.15) is 167 Å². The molecule has 4 saturated carbocycles. The second-order valence-corrected chi connectivity index (χ2v) is 33.8. The first-order chi connectivity index (χ1) is 57.5. The van der Waals surface area contributed by atoms with Crippen LogP contribution in [0.15, 0.2) is 12.4 Å². The number of amides is 2. The third kappa shape index (κ3) is 25.3. The number of hydrogen-bond donors (Lipinski definition) is 10. The van der Waals surface area contributed by atoms with E-state index in [2.05, 4.69) is 20.6 Å². The van der Waals surface area contributed by atoms with Crippen molar-refractivity contribution in [3.63, 3.8) is 0 Å². The summed E-state index contributed by atoms with van der Waals surface area (Å²) in [6.45, 7) is 8.81. The number of rotatable bonds is 42. The van der Waals surface area contributed by atoms with Crippen LogP contribution in [0.4, 0.5) is 0 Å². The number of nitrogens with zero attached hydrogens (tertiary/aromatic N) is 8. The first kappa shape index (κ1) is 93.3. The third-order valence-electron chi connectivity index (χ3n) is 24.9. The van der Waals surface area contributed by atoms with Crippen LogP contribution in [0.5, 0.6) is 0 Å². The normalized spacial score (nSPS) is 36.2. The number of aromatic nitrogens is 6. The summed E-state index contributed by atoms with van der Waals surface area (Å²) >= 11 is 0. The van der Waals surface area contributed by atoms with Gasteiger partial charge in [0.1, 0.15) is 110 Å². The molecule has 12 rings (SSSR count). The molecule has 28 atom stereocenters. The Morgan fingerprint density at radius 1 is 0.403 bits per heavy atom. The molecule has 0 radical (unpaired) electrons. The molecule has 119 heavy (non-hydrogen) atoms. The summed E-state index contributed by atoms with van der Waals surface area (Å²) in [6.07, 6.45) is -14.6. The minimum atomic E-state index is -1.60. The molecule has 6 saturated heterocycles. The second kappa shape index (κ2) is 45.9. The van der Waals surface area contributed by atoms with Gasteiger partial charge in [-0.15, -0.1) is 10.2 Å². The van der Waals surface area contributed by atoms with Gasteiger partial charge < -0.3 is 141 Å². The lowest BCUT2D eigenvalue weighted by molar-refractivity contribution is -0.349. The van der Waals surface area contributed by atoms with Crippen molar-refractivity contribution in [3.05, 3.63) is 23.8 Å². The number of aliphatic hydroxyl groups is 10. The van der Waals surface area contributed by atoms with E-state index >= 15 is 0 Å². The Hall–Kier alpha value is -4.84. The fourth-order valence-electron chi connectivity index (χ4n) is 17.7. The van der Waals surface area contributed by atoms with E-state index in [9.17, 15) is 70.2 Å². The van der Waals surface area contributed by atoms with Gasteiger partial charge in [-0.2, -0.15) is 0 Å². The van der Waals surface area contributed by atoms with Crippen LogP contribution in [0.2, 0.25) is 0 Å². The highest BCUT2D eigenvalue weighted by molar-refractivity contribution is 5.82. The van der Waals surface area contributed by atoms with Crippen LogP contribution in [0.25, 0.3) is 0 Å². The topological polar surface area (TPSA) is 495 Å². The van der Waals surface area contributed by atoms with Gasteiger partial charge in [-0.3, -0.25) is 19.2 Å². The van der Waals surface area contributed by atoms with Crippen molar-refractivity contribution in [1.82, 2.24) is 39.8 Å². The van der Waals surface area contributed by atoms with E-state index < -0.39 is 198 Å². The van der Waals surface area contributed by atoms with Crippen molar-refractivity contribution >= 4 is 23.8 Å². The van der Waals surface area contributed by atoms with Gasteiger partial charge >= 0.3 is 11.9 Å². The Labute approximate surface area is 693 Å². The highest BCUT2D eigenvalue weighted by Gasteiger charge is 2.56.